The maximum absolute atomic E-state index is 12.5. The van der Waals surface area contributed by atoms with Gasteiger partial charge in [0.1, 0.15) is 5.75 Å². The largest absolute Gasteiger partial charge is 0.495 e. The molecule has 0 saturated heterocycles. The fourth-order valence-electron chi connectivity index (χ4n) is 1.90. The zero-order valence-electron chi connectivity index (χ0n) is 11.5. The van der Waals surface area contributed by atoms with Crippen LogP contribution in [0.5, 0.6) is 5.75 Å². The van der Waals surface area contributed by atoms with Gasteiger partial charge in [0.05, 0.1) is 17.1 Å². The van der Waals surface area contributed by atoms with Crippen molar-refractivity contribution in [2.45, 2.75) is 6.92 Å². The maximum Gasteiger partial charge on any atom is 0.259 e. The number of nitrogens with two attached hydrogens (primary N) is 1. The molecule has 2 aromatic rings. The Morgan fingerprint density at radius 1 is 1.24 bits per heavy atom. The lowest BCUT2D eigenvalue weighted by Crippen LogP contribution is -2.14. The first-order valence-electron chi connectivity index (χ1n) is 6.13. The molecule has 0 aromatic heterocycles. The molecule has 0 spiro atoms. The van der Waals surface area contributed by atoms with Crippen molar-refractivity contribution in [3.8, 4) is 5.75 Å². The van der Waals surface area contributed by atoms with Crippen LogP contribution < -0.4 is 15.8 Å². The monoisotopic (exact) mass is 412 g/mol. The second kappa shape index (κ2) is 6.49. The Labute approximate surface area is 139 Å². The van der Waals surface area contributed by atoms with Crippen LogP contribution in [0.4, 0.5) is 11.4 Å². The van der Waals surface area contributed by atoms with Crippen LogP contribution in [0, 0.1) is 6.92 Å². The second-order valence-corrected chi connectivity index (χ2v) is 6.27. The third-order valence-corrected chi connectivity index (χ3v) is 4.01. The van der Waals surface area contributed by atoms with Gasteiger partial charge in [-0.05, 0) is 52.7 Å². The molecule has 0 bridgehead atoms. The Kier molecular flexibility index (Phi) is 4.90. The minimum absolute atomic E-state index is 0.262. The van der Waals surface area contributed by atoms with Crippen LogP contribution in [0.2, 0.25) is 0 Å². The number of nitrogens with one attached hydrogen (secondary N) is 1. The average molecular weight is 414 g/mol. The SMILES string of the molecule is COc1c(Br)cc(Br)cc1C(=O)Nc1cc(N)ccc1C. The van der Waals surface area contributed by atoms with Gasteiger partial charge < -0.3 is 15.8 Å². The molecular weight excluding hydrogens is 400 g/mol. The van der Waals surface area contributed by atoms with Gasteiger partial charge in [0.2, 0.25) is 0 Å². The highest BCUT2D eigenvalue weighted by molar-refractivity contribution is 9.11. The molecule has 0 saturated carbocycles. The van der Waals surface area contributed by atoms with Gasteiger partial charge in [0.25, 0.3) is 5.91 Å². The number of aryl methyl sites for hydroxylation is 1. The molecule has 0 aliphatic heterocycles. The summed E-state index contributed by atoms with van der Waals surface area (Å²) in [6.45, 7) is 1.91. The number of benzene rings is 2. The van der Waals surface area contributed by atoms with Crippen molar-refractivity contribution in [2.24, 2.45) is 0 Å². The number of hydrogen-bond acceptors (Lipinski definition) is 3. The minimum Gasteiger partial charge on any atom is -0.495 e. The van der Waals surface area contributed by atoms with E-state index in [0.717, 1.165) is 10.0 Å². The Morgan fingerprint density at radius 3 is 2.62 bits per heavy atom. The van der Waals surface area contributed by atoms with Crippen LogP contribution in [0.15, 0.2) is 39.3 Å². The highest BCUT2D eigenvalue weighted by Gasteiger charge is 2.17. The summed E-state index contributed by atoms with van der Waals surface area (Å²) >= 11 is 6.75. The fourth-order valence-corrected chi connectivity index (χ4v) is 3.29. The zero-order chi connectivity index (χ0) is 15.6. The van der Waals surface area contributed by atoms with Crippen LogP contribution in [0.1, 0.15) is 15.9 Å². The molecule has 0 fully saturated rings. The topological polar surface area (TPSA) is 64.3 Å². The van der Waals surface area contributed by atoms with Crippen LogP contribution in [-0.2, 0) is 0 Å². The molecule has 110 valence electrons. The molecule has 3 N–H and O–H groups in total. The van der Waals surface area contributed by atoms with E-state index in [2.05, 4.69) is 37.2 Å². The molecule has 0 heterocycles. The van der Waals surface area contributed by atoms with Crippen molar-refractivity contribution >= 4 is 49.1 Å². The molecule has 0 radical (unpaired) electrons. The van der Waals surface area contributed by atoms with Crippen molar-refractivity contribution in [1.29, 1.82) is 0 Å². The summed E-state index contributed by atoms with van der Waals surface area (Å²) < 4.78 is 6.78. The second-order valence-electron chi connectivity index (χ2n) is 4.50. The molecule has 2 rings (SSSR count). The maximum atomic E-state index is 12.5. The van der Waals surface area contributed by atoms with Gasteiger partial charge >= 0.3 is 0 Å². The van der Waals surface area contributed by atoms with Gasteiger partial charge in [0.15, 0.2) is 0 Å². The number of halogens is 2. The van der Waals surface area contributed by atoms with Crippen molar-refractivity contribution in [1.82, 2.24) is 0 Å². The van der Waals surface area contributed by atoms with E-state index in [1.54, 1.807) is 18.2 Å². The first kappa shape index (κ1) is 15.9. The van der Waals surface area contributed by atoms with Gasteiger partial charge in [-0.1, -0.05) is 22.0 Å². The summed E-state index contributed by atoms with van der Waals surface area (Å²) in [4.78, 5) is 12.5. The van der Waals surface area contributed by atoms with Gasteiger partial charge in [0, 0.05) is 15.8 Å². The number of nitrogen functional groups attached to an aromatic ring is 1. The number of hydrogen-bond donors (Lipinski definition) is 2. The summed E-state index contributed by atoms with van der Waals surface area (Å²) in [7, 11) is 1.52. The highest BCUT2D eigenvalue weighted by Crippen LogP contribution is 2.33. The van der Waals surface area contributed by atoms with Crippen molar-refractivity contribution in [2.75, 3.05) is 18.2 Å². The Morgan fingerprint density at radius 2 is 1.95 bits per heavy atom. The molecule has 4 nitrogen and oxygen atoms in total. The number of ether oxygens (including phenoxy) is 1. The van der Waals surface area contributed by atoms with Crippen molar-refractivity contribution in [3.63, 3.8) is 0 Å². The molecule has 6 heteroatoms. The van der Waals surface area contributed by atoms with Gasteiger partial charge in [-0.2, -0.15) is 0 Å². The summed E-state index contributed by atoms with van der Waals surface area (Å²) in [5.41, 5.74) is 8.40. The molecular formula is C15H14Br2N2O2. The lowest BCUT2D eigenvalue weighted by Gasteiger charge is -2.13. The van der Waals surface area contributed by atoms with Crippen LogP contribution in [0.3, 0.4) is 0 Å². The smallest absolute Gasteiger partial charge is 0.259 e. The molecule has 0 atom stereocenters. The van der Waals surface area contributed by atoms with E-state index in [1.807, 2.05) is 19.1 Å². The van der Waals surface area contributed by atoms with Gasteiger partial charge in [-0.15, -0.1) is 0 Å². The quantitative estimate of drug-likeness (QED) is 0.734. The van der Waals surface area contributed by atoms with E-state index < -0.39 is 0 Å². The normalized spacial score (nSPS) is 10.3. The molecule has 0 aliphatic carbocycles. The number of anilines is 2. The van der Waals surface area contributed by atoms with Gasteiger partial charge in [-0.25, -0.2) is 0 Å². The summed E-state index contributed by atoms with van der Waals surface area (Å²) in [5, 5.41) is 2.86. The molecule has 1 amide bonds. The third kappa shape index (κ3) is 3.57. The molecule has 21 heavy (non-hydrogen) atoms. The molecule has 0 aliphatic rings. The van der Waals surface area contributed by atoms with E-state index >= 15 is 0 Å². The Bertz CT molecular complexity index is 702. The predicted octanol–water partition coefficient (Wildman–Crippen LogP) is 4.36. The standard InChI is InChI=1S/C15H14Br2N2O2/c1-8-3-4-10(18)7-13(8)19-15(20)11-5-9(16)6-12(17)14(11)21-2/h3-7H,18H2,1-2H3,(H,19,20). The van der Waals surface area contributed by atoms with E-state index in [-0.39, 0.29) is 5.91 Å². The first-order chi connectivity index (χ1) is 9.92. The van der Waals surface area contributed by atoms with E-state index in [9.17, 15) is 4.79 Å². The fraction of sp³-hybridized carbons (Fsp3) is 0.133. The number of amides is 1. The lowest BCUT2D eigenvalue weighted by molar-refractivity contribution is 0.102. The van der Waals surface area contributed by atoms with Crippen molar-refractivity contribution < 1.29 is 9.53 Å². The predicted molar refractivity (Wildman–Crippen MR) is 91.9 cm³/mol. The highest BCUT2D eigenvalue weighted by atomic mass is 79.9. The Hall–Kier alpha value is -1.53. The molecule has 0 unspecified atom stereocenters. The van der Waals surface area contributed by atoms with Crippen LogP contribution in [-0.4, -0.2) is 13.0 Å². The third-order valence-electron chi connectivity index (χ3n) is 2.97. The van der Waals surface area contributed by atoms with E-state index in [4.69, 9.17) is 10.5 Å². The number of rotatable bonds is 3. The number of carbonyl (C=O) groups is 1. The number of methoxy groups -OCH3 is 1. The minimum atomic E-state index is -0.262. The van der Waals surface area contributed by atoms with Crippen molar-refractivity contribution in [3.05, 3.63) is 50.4 Å². The average Bonchev–Trinajstić information content (AvgIpc) is 2.42. The molecule has 2 aromatic carbocycles. The number of carbonyl (C=O) groups excluding carboxylic acids is 1. The van der Waals surface area contributed by atoms with Crippen LogP contribution >= 0.6 is 31.9 Å². The van der Waals surface area contributed by atoms with Gasteiger partial charge in [-0.3, -0.25) is 4.79 Å². The van der Waals surface area contributed by atoms with E-state index in [0.29, 0.717) is 27.2 Å². The lowest BCUT2D eigenvalue weighted by atomic mass is 10.1. The summed E-state index contributed by atoms with van der Waals surface area (Å²) in [5.74, 6) is 0.222. The van der Waals surface area contributed by atoms with Crippen LogP contribution in [0.25, 0.3) is 0 Å². The Balaban J connectivity index is 2.39. The zero-order valence-corrected chi connectivity index (χ0v) is 14.7. The summed E-state index contributed by atoms with van der Waals surface area (Å²) in [6.07, 6.45) is 0. The summed E-state index contributed by atoms with van der Waals surface area (Å²) in [6, 6.07) is 8.91. The van der Waals surface area contributed by atoms with E-state index in [1.165, 1.54) is 7.11 Å². The first-order valence-corrected chi connectivity index (χ1v) is 7.71.